The fourth-order valence-electron chi connectivity index (χ4n) is 4.70. The molecule has 45 heavy (non-hydrogen) atoms. The van der Waals surface area contributed by atoms with Crippen LogP contribution in [-0.4, -0.2) is 65.7 Å². The zero-order chi connectivity index (χ0) is 33.4. The number of unbranched alkanes of at least 4 members (excludes halogenated alkanes) is 17. The third kappa shape index (κ3) is 31.1. The number of aliphatic hydroxyl groups is 2. The molecule has 3 atom stereocenters. The molecule has 0 aliphatic heterocycles. The number of hydrogen-bond donors (Lipinski definition) is 3. The lowest BCUT2D eigenvalue weighted by molar-refractivity contribution is -0.161. The van der Waals surface area contributed by atoms with E-state index in [1.807, 2.05) is 0 Å². The van der Waals surface area contributed by atoms with Crippen molar-refractivity contribution in [1.29, 1.82) is 0 Å². The van der Waals surface area contributed by atoms with Gasteiger partial charge in [-0.25, -0.2) is 4.57 Å². The van der Waals surface area contributed by atoms with E-state index in [0.717, 1.165) is 57.8 Å². The first-order valence-corrected chi connectivity index (χ1v) is 19.1. The van der Waals surface area contributed by atoms with E-state index in [1.54, 1.807) is 0 Å². The Morgan fingerprint density at radius 3 is 1.69 bits per heavy atom. The fraction of sp³-hybridized carbons (Fsp3) is 0.882. The average molecular weight is 665 g/mol. The van der Waals surface area contributed by atoms with Crippen molar-refractivity contribution < 1.29 is 47.8 Å². The number of carbonyl (C=O) groups is 2. The van der Waals surface area contributed by atoms with E-state index in [4.69, 9.17) is 19.1 Å². The molecule has 11 heteroatoms. The monoisotopic (exact) mass is 664 g/mol. The highest BCUT2D eigenvalue weighted by Gasteiger charge is 2.27. The number of carbonyl (C=O) groups excluding carboxylic acids is 2. The van der Waals surface area contributed by atoms with Crippen molar-refractivity contribution in [2.45, 2.75) is 167 Å². The zero-order valence-electron chi connectivity index (χ0n) is 28.3. The smallest absolute Gasteiger partial charge is 0.462 e. The summed E-state index contributed by atoms with van der Waals surface area (Å²) in [4.78, 5) is 34.6. The average Bonchev–Trinajstić information content (AvgIpc) is 3.02. The molecule has 0 spiro atoms. The summed E-state index contributed by atoms with van der Waals surface area (Å²) in [5.74, 6) is -0.936. The molecule has 0 saturated carbocycles. The van der Waals surface area contributed by atoms with Crippen molar-refractivity contribution in [3.8, 4) is 0 Å². The molecule has 266 valence electrons. The third-order valence-electron chi connectivity index (χ3n) is 7.43. The van der Waals surface area contributed by atoms with Crippen molar-refractivity contribution in [1.82, 2.24) is 0 Å². The molecule has 3 N–H and O–H groups in total. The molecular weight excluding hydrogens is 599 g/mol. The van der Waals surface area contributed by atoms with Crippen LogP contribution in [0, 0.1) is 0 Å². The van der Waals surface area contributed by atoms with Crippen molar-refractivity contribution >= 4 is 19.8 Å². The maximum atomic E-state index is 12.4. The van der Waals surface area contributed by atoms with Crippen LogP contribution in [0.4, 0.5) is 0 Å². The Labute approximate surface area is 273 Å². The maximum Gasteiger partial charge on any atom is 0.472 e. The molecule has 0 heterocycles. The Morgan fingerprint density at radius 2 is 1.16 bits per heavy atom. The SMILES string of the molecule is CC/C=C/CCCCCCCC(=O)O[C@H](COC(=O)CCCCCCCCCCCCCCC)COP(=O)(O)OC[C@@H](O)CO. The Kier molecular flexibility index (Phi) is 30.4. The number of aliphatic hydroxyl groups excluding tert-OH is 2. The Balaban J connectivity index is 4.37. The fourth-order valence-corrected chi connectivity index (χ4v) is 5.49. The number of allylic oxidation sites excluding steroid dienone is 2. The summed E-state index contributed by atoms with van der Waals surface area (Å²) < 4.78 is 32.4. The van der Waals surface area contributed by atoms with Gasteiger partial charge in [-0.2, -0.15) is 0 Å². The highest BCUT2D eigenvalue weighted by atomic mass is 31.2. The van der Waals surface area contributed by atoms with E-state index in [1.165, 1.54) is 57.8 Å². The Hall–Kier alpha value is -1.29. The minimum absolute atomic E-state index is 0.176. The molecule has 0 bridgehead atoms. The number of hydrogen-bond acceptors (Lipinski definition) is 9. The summed E-state index contributed by atoms with van der Waals surface area (Å²) in [5.41, 5.74) is 0. The van der Waals surface area contributed by atoms with E-state index in [9.17, 15) is 24.2 Å². The normalized spacial score (nSPS) is 14.3. The summed E-state index contributed by atoms with van der Waals surface area (Å²) >= 11 is 0. The van der Waals surface area contributed by atoms with Gasteiger partial charge >= 0.3 is 19.8 Å². The number of phosphoric acid groups is 1. The van der Waals surface area contributed by atoms with E-state index in [0.29, 0.717) is 12.8 Å². The lowest BCUT2D eigenvalue weighted by Crippen LogP contribution is -2.29. The van der Waals surface area contributed by atoms with Gasteiger partial charge in [0.2, 0.25) is 0 Å². The van der Waals surface area contributed by atoms with Gasteiger partial charge in [-0.15, -0.1) is 0 Å². The predicted molar refractivity (Wildman–Crippen MR) is 178 cm³/mol. The van der Waals surface area contributed by atoms with Gasteiger partial charge in [-0.1, -0.05) is 122 Å². The molecule has 0 aromatic heterocycles. The maximum absolute atomic E-state index is 12.4. The van der Waals surface area contributed by atoms with Crippen LogP contribution >= 0.6 is 7.82 Å². The summed E-state index contributed by atoms with van der Waals surface area (Å²) in [6, 6.07) is 0. The van der Waals surface area contributed by atoms with Crippen molar-refractivity contribution in [2.75, 3.05) is 26.4 Å². The van der Waals surface area contributed by atoms with E-state index in [-0.39, 0.29) is 19.4 Å². The molecule has 0 aromatic carbocycles. The van der Waals surface area contributed by atoms with Crippen LogP contribution in [0.5, 0.6) is 0 Å². The minimum atomic E-state index is -4.60. The zero-order valence-corrected chi connectivity index (χ0v) is 29.2. The lowest BCUT2D eigenvalue weighted by Gasteiger charge is -2.20. The molecular formula is C34H65O10P. The van der Waals surface area contributed by atoms with Gasteiger partial charge in [0, 0.05) is 12.8 Å². The topological polar surface area (TPSA) is 149 Å². The highest BCUT2D eigenvalue weighted by Crippen LogP contribution is 2.43. The first-order valence-electron chi connectivity index (χ1n) is 17.6. The summed E-state index contributed by atoms with van der Waals surface area (Å²) in [6.45, 7) is 2.24. The molecule has 0 amide bonds. The van der Waals surface area contributed by atoms with Gasteiger partial charge in [0.05, 0.1) is 19.8 Å². The van der Waals surface area contributed by atoms with Crippen LogP contribution in [0.2, 0.25) is 0 Å². The molecule has 0 aromatic rings. The molecule has 10 nitrogen and oxygen atoms in total. The van der Waals surface area contributed by atoms with Crippen LogP contribution in [0.1, 0.15) is 155 Å². The second kappa shape index (κ2) is 31.3. The van der Waals surface area contributed by atoms with E-state index < -0.39 is 51.8 Å². The summed E-state index contributed by atoms with van der Waals surface area (Å²) in [5, 5.41) is 18.2. The van der Waals surface area contributed by atoms with E-state index >= 15 is 0 Å². The first-order chi connectivity index (χ1) is 21.7. The second-order valence-electron chi connectivity index (χ2n) is 11.9. The van der Waals surface area contributed by atoms with Gasteiger partial charge in [0.25, 0.3) is 0 Å². The number of esters is 2. The summed E-state index contributed by atoms with van der Waals surface area (Å²) in [7, 11) is -4.60. The largest absolute Gasteiger partial charge is 0.472 e. The molecule has 0 radical (unpaired) electrons. The standard InChI is InChI=1S/C34H65O10P/c1-3-5-7-9-11-13-14-15-16-18-19-21-23-25-33(37)41-29-32(30-43-45(39,40)42-28-31(36)27-35)44-34(38)26-24-22-20-17-12-10-8-6-4-2/h6,8,31-32,35-36H,3-5,7,9-30H2,1-2H3,(H,39,40)/b8-6+/t31-,32+/m0/s1. The van der Waals surface area contributed by atoms with Gasteiger partial charge in [-0.3, -0.25) is 18.6 Å². The van der Waals surface area contributed by atoms with Crippen LogP contribution in [-0.2, 0) is 32.7 Å². The molecule has 1 unspecified atom stereocenters. The van der Waals surface area contributed by atoms with Gasteiger partial charge in [0.1, 0.15) is 12.7 Å². The minimum Gasteiger partial charge on any atom is -0.462 e. The third-order valence-corrected chi connectivity index (χ3v) is 8.38. The second-order valence-corrected chi connectivity index (χ2v) is 13.3. The summed E-state index contributed by atoms with van der Waals surface area (Å²) in [6.07, 6.45) is 24.9. The first kappa shape index (κ1) is 43.7. The quantitative estimate of drug-likeness (QED) is 0.0272. The van der Waals surface area contributed by atoms with Gasteiger partial charge in [0.15, 0.2) is 6.10 Å². The molecule has 0 fully saturated rings. The Morgan fingerprint density at radius 1 is 0.667 bits per heavy atom. The molecule has 0 aliphatic carbocycles. The number of phosphoric ester groups is 1. The van der Waals surface area contributed by atoms with Crippen molar-refractivity contribution in [3.63, 3.8) is 0 Å². The van der Waals surface area contributed by atoms with Gasteiger partial charge in [-0.05, 0) is 32.1 Å². The number of rotatable bonds is 33. The molecule has 0 aliphatic rings. The van der Waals surface area contributed by atoms with Crippen LogP contribution in [0.25, 0.3) is 0 Å². The highest BCUT2D eigenvalue weighted by molar-refractivity contribution is 7.47. The van der Waals surface area contributed by atoms with Crippen LogP contribution < -0.4 is 0 Å². The van der Waals surface area contributed by atoms with Crippen molar-refractivity contribution in [2.24, 2.45) is 0 Å². The predicted octanol–water partition coefficient (Wildman–Crippen LogP) is 8.11. The van der Waals surface area contributed by atoms with Crippen molar-refractivity contribution in [3.05, 3.63) is 12.2 Å². The molecule has 0 rings (SSSR count). The van der Waals surface area contributed by atoms with E-state index in [2.05, 4.69) is 30.5 Å². The van der Waals surface area contributed by atoms with Gasteiger partial charge < -0.3 is 24.6 Å². The van der Waals surface area contributed by atoms with Crippen LogP contribution in [0.15, 0.2) is 12.2 Å². The molecule has 0 saturated heterocycles. The lowest BCUT2D eigenvalue weighted by atomic mass is 10.0. The van der Waals surface area contributed by atoms with Crippen LogP contribution in [0.3, 0.4) is 0 Å². The Bertz CT molecular complexity index is 776. The number of ether oxygens (including phenoxy) is 2.